The van der Waals surface area contributed by atoms with Gasteiger partial charge in [0.05, 0.1) is 13.7 Å². The van der Waals surface area contributed by atoms with Gasteiger partial charge >= 0.3 is 0 Å². The van der Waals surface area contributed by atoms with Crippen LogP contribution >= 0.6 is 0 Å². The Balaban J connectivity index is 1.69. The van der Waals surface area contributed by atoms with E-state index in [-0.39, 0.29) is 5.41 Å². The molecule has 1 N–H and O–H groups in total. The van der Waals surface area contributed by atoms with Crippen LogP contribution < -0.4 is 10.1 Å². The van der Waals surface area contributed by atoms with E-state index in [1.807, 2.05) is 6.07 Å². The number of methoxy groups -OCH3 is 1. The van der Waals surface area contributed by atoms with Gasteiger partial charge in [0.2, 0.25) is 0 Å². The number of hydrogen-bond donors (Lipinski definition) is 1. The molecule has 1 aliphatic heterocycles. The van der Waals surface area contributed by atoms with E-state index >= 15 is 0 Å². The molecule has 0 amide bonds. The summed E-state index contributed by atoms with van der Waals surface area (Å²) in [5.41, 5.74) is 3.95. The summed E-state index contributed by atoms with van der Waals surface area (Å²) in [7, 11) is 1.72. The molecule has 0 aromatic heterocycles. The first-order chi connectivity index (χ1) is 11.2. The van der Waals surface area contributed by atoms with Crippen LogP contribution in [0.1, 0.15) is 23.1 Å². The minimum absolute atomic E-state index is 0.0913. The summed E-state index contributed by atoms with van der Waals surface area (Å²) in [6.45, 7) is 5.52. The normalized spacial score (nSPS) is 20.6. The molecule has 0 radical (unpaired) electrons. The molecule has 0 saturated carbocycles. The van der Waals surface area contributed by atoms with Crippen molar-refractivity contribution in [2.24, 2.45) is 0 Å². The summed E-state index contributed by atoms with van der Waals surface area (Å²) in [4.78, 5) is 0. The Labute approximate surface area is 138 Å². The predicted octanol–water partition coefficient (Wildman–Crippen LogP) is 3.45. The van der Waals surface area contributed by atoms with Crippen molar-refractivity contribution in [1.82, 2.24) is 5.32 Å². The third-order valence-corrected chi connectivity index (χ3v) is 4.88. The van der Waals surface area contributed by atoms with Crippen molar-refractivity contribution in [1.29, 1.82) is 0 Å². The average Bonchev–Trinajstić information content (AvgIpc) is 3.07. The Bertz CT molecular complexity index is 633. The first-order valence-corrected chi connectivity index (χ1v) is 8.22. The highest BCUT2D eigenvalue weighted by Gasteiger charge is 2.36. The summed E-state index contributed by atoms with van der Waals surface area (Å²) < 4.78 is 11.1. The molecule has 0 aliphatic carbocycles. The lowest BCUT2D eigenvalue weighted by atomic mass is 9.79. The summed E-state index contributed by atoms with van der Waals surface area (Å²) in [5.74, 6) is 0.950. The summed E-state index contributed by atoms with van der Waals surface area (Å²) in [5, 5.41) is 3.64. The van der Waals surface area contributed by atoms with E-state index in [9.17, 15) is 0 Å². The summed E-state index contributed by atoms with van der Waals surface area (Å²) >= 11 is 0. The lowest BCUT2D eigenvalue weighted by Gasteiger charge is -2.28. The van der Waals surface area contributed by atoms with Crippen LogP contribution in [0.5, 0.6) is 5.75 Å². The fourth-order valence-electron chi connectivity index (χ4n) is 3.38. The Hall–Kier alpha value is -1.84. The quantitative estimate of drug-likeness (QED) is 0.886. The van der Waals surface area contributed by atoms with E-state index in [4.69, 9.17) is 9.47 Å². The van der Waals surface area contributed by atoms with E-state index in [0.717, 1.165) is 38.5 Å². The molecule has 23 heavy (non-hydrogen) atoms. The Kier molecular flexibility index (Phi) is 4.99. The highest BCUT2D eigenvalue weighted by atomic mass is 16.5. The van der Waals surface area contributed by atoms with Gasteiger partial charge in [-0.05, 0) is 36.1 Å². The maximum atomic E-state index is 5.72. The van der Waals surface area contributed by atoms with Gasteiger partial charge in [-0.25, -0.2) is 0 Å². The number of hydrogen-bond acceptors (Lipinski definition) is 3. The molecular weight excluding hydrogens is 286 g/mol. The van der Waals surface area contributed by atoms with E-state index < -0.39 is 0 Å². The van der Waals surface area contributed by atoms with Gasteiger partial charge in [0, 0.05) is 25.1 Å². The van der Waals surface area contributed by atoms with Gasteiger partial charge < -0.3 is 14.8 Å². The fraction of sp³-hybridized carbons (Fsp3) is 0.400. The third kappa shape index (κ3) is 3.41. The highest BCUT2D eigenvalue weighted by Crippen LogP contribution is 2.32. The second-order valence-corrected chi connectivity index (χ2v) is 6.30. The Morgan fingerprint density at radius 2 is 1.96 bits per heavy atom. The molecule has 1 aliphatic rings. The van der Waals surface area contributed by atoms with Crippen molar-refractivity contribution in [3.8, 4) is 5.75 Å². The van der Waals surface area contributed by atoms with E-state index in [0.29, 0.717) is 0 Å². The van der Waals surface area contributed by atoms with Crippen molar-refractivity contribution in [2.75, 3.05) is 26.9 Å². The van der Waals surface area contributed by atoms with Crippen LogP contribution in [0.4, 0.5) is 0 Å². The van der Waals surface area contributed by atoms with Crippen molar-refractivity contribution in [3.63, 3.8) is 0 Å². The Morgan fingerprint density at radius 1 is 1.13 bits per heavy atom. The molecule has 0 spiro atoms. The van der Waals surface area contributed by atoms with E-state index in [2.05, 4.69) is 54.7 Å². The molecule has 1 unspecified atom stereocenters. The zero-order valence-electron chi connectivity index (χ0n) is 14.0. The van der Waals surface area contributed by atoms with E-state index in [1.54, 1.807) is 7.11 Å². The lowest BCUT2D eigenvalue weighted by Crippen LogP contribution is -2.38. The molecular formula is C20H25NO2. The monoisotopic (exact) mass is 311 g/mol. The zero-order valence-corrected chi connectivity index (χ0v) is 14.0. The van der Waals surface area contributed by atoms with Crippen molar-refractivity contribution < 1.29 is 9.47 Å². The summed E-state index contributed by atoms with van der Waals surface area (Å²) in [6.07, 6.45) is 1.07. The highest BCUT2D eigenvalue weighted by molar-refractivity contribution is 5.39. The second kappa shape index (κ2) is 7.16. The van der Waals surface area contributed by atoms with Crippen molar-refractivity contribution in [3.05, 3.63) is 65.2 Å². The van der Waals surface area contributed by atoms with Crippen LogP contribution in [0.2, 0.25) is 0 Å². The smallest absolute Gasteiger partial charge is 0.122 e. The van der Waals surface area contributed by atoms with Gasteiger partial charge in [0.25, 0.3) is 0 Å². The maximum Gasteiger partial charge on any atom is 0.122 e. The fourth-order valence-corrected chi connectivity index (χ4v) is 3.38. The largest absolute Gasteiger partial charge is 0.496 e. The van der Waals surface area contributed by atoms with Gasteiger partial charge in [0.15, 0.2) is 0 Å². The SMILES string of the molecule is COc1cccc(CNCC2(c3ccccc3)CCOC2)c1C. The topological polar surface area (TPSA) is 30.5 Å². The molecule has 1 heterocycles. The van der Waals surface area contributed by atoms with Crippen molar-refractivity contribution >= 4 is 0 Å². The standard InChI is InChI=1S/C20H25NO2/c1-16-17(7-6-10-19(16)22-2)13-21-14-20(11-12-23-15-20)18-8-4-3-5-9-18/h3-10,21H,11-15H2,1-2H3. The average molecular weight is 311 g/mol. The third-order valence-electron chi connectivity index (χ3n) is 4.88. The minimum Gasteiger partial charge on any atom is -0.496 e. The van der Waals surface area contributed by atoms with Crippen molar-refractivity contribution in [2.45, 2.75) is 25.3 Å². The minimum atomic E-state index is 0.0913. The second-order valence-electron chi connectivity index (χ2n) is 6.30. The van der Waals surface area contributed by atoms with Gasteiger partial charge in [-0.15, -0.1) is 0 Å². The molecule has 2 aromatic rings. The van der Waals surface area contributed by atoms with Crippen LogP contribution in [0, 0.1) is 6.92 Å². The molecule has 3 nitrogen and oxygen atoms in total. The zero-order chi connectivity index (χ0) is 16.1. The van der Waals surface area contributed by atoms with Gasteiger partial charge in [-0.2, -0.15) is 0 Å². The molecule has 2 aromatic carbocycles. The molecule has 3 rings (SSSR count). The van der Waals surface area contributed by atoms with E-state index in [1.165, 1.54) is 16.7 Å². The number of benzene rings is 2. The van der Waals surface area contributed by atoms with Crippen LogP contribution in [0.25, 0.3) is 0 Å². The molecule has 0 bridgehead atoms. The van der Waals surface area contributed by atoms with Gasteiger partial charge in [0.1, 0.15) is 5.75 Å². The lowest BCUT2D eigenvalue weighted by molar-refractivity contribution is 0.176. The summed E-state index contributed by atoms with van der Waals surface area (Å²) in [6, 6.07) is 16.9. The first kappa shape index (κ1) is 16.0. The van der Waals surface area contributed by atoms with Gasteiger partial charge in [-0.3, -0.25) is 0 Å². The maximum absolute atomic E-state index is 5.72. The number of rotatable bonds is 6. The molecule has 122 valence electrons. The first-order valence-electron chi connectivity index (χ1n) is 8.22. The molecule has 1 atom stereocenters. The predicted molar refractivity (Wildman–Crippen MR) is 93.0 cm³/mol. The molecule has 1 saturated heterocycles. The van der Waals surface area contributed by atoms with Crippen LogP contribution in [0.15, 0.2) is 48.5 Å². The van der Waals surface area contributed by atoms with Gasteiger partial charge in [-0.1, -0.05) is 42.5 Å². The van der Waals surface area contributed by atoms with Crippen LogP contribution in [0.3, 0.4) is 0 Å². The number of ether oxygens (including phenoxy) is 2. The van der Waals surface area contributed by atoms with Crippen LogP contribution in [-0.4, -0.2) is 26.9 Å². The van der Waals surface area contributed by atoms with Crippen LogP contribution in [-0.2, 0) is 16.7 Å². The molecule has 3 heteroatoms. The Morgan fingerprint density at radius 3 is 2.65 bits per heavy atom. The number of nitrogens with one attached hydrogen (secondary N) is 1. The molecule has 1 fully saturated rings.